The lowest BCUT2D eigenvalue weighted by Crippen LogP contribution is -3.13. The van der Waals surface area contributed by atoms with E-state index in [0.29, 0.717) is 32.0 Å². The van der Waals surface area contributed by atoms with Crippen LogP contribution in [0.25, 0.3) is 6.08 Å². The maximum absolute atomic E-state index is 13.6. The smallest absolute Gasteiger partial charge is 0.246 e. The number of quaternary nitrogens is 1. The second-order valence-corrected chi connectivity index (χ2v) is 7.21. The Morgan fingerprint density at radius 3 is 2.60 bits per heavy atom. The highest BCUT2D eigenvalue weighted by atomic mass is 19.1. The molecule has 2 aromatic carbocycles. The van der Waals surface area contributed by atoms with Crippen LogP contribution in [-0.2, 0) is 11.3 Å². The van der Waals surface area contributed by atoms with Crippen LogP contribution in [0.4, 0.5) is 4.39 Å². The highest BCUT2D eigenvalue weighted by Gasteiger charge is 2.23. The van der Waals surface area contributed by atoms with E-state index in [2.05, 4.69) is 6.58 Å². The van der Waals surface area contributed by atoms with Crippen molar-refractivity contribution in [1.82, 2.24) is 4.90 Å². The molecule has 0 radical (unpaired) electrons. The van der Waals surface area contributed by atoms with Gasteiger partial charge in [-0.15, -0.1) is 0 Å². The number of hydrogen-bond donors (Lipinski definition) is 1. The molecule has 1 fully saturated rings. The standard InChI is InChI=1S/C24H27FN2O3/c1-3-16-30-22-8-4-19(5-9-22)6-11-24(28)27-14-12-26(13-15-27)18-20-17-21(25)7-10-23(20)29-2/h3-11,17H,1,12-16,18H2,2H3/p+1/b11-6+. The second kappa shape index (κ2) is 10.6. The molecular weight excluding hydrogens is 383 g/mol. The predicted molar refractivity (Wildman–Crippen MR) is 115 cm³/mol. The first-order valence-electron chi connectivity index (χ1n) is 10.1. The summed E-state index contributed by atoms with van der Waals surface area (Å²) in [4.78, 5) is 15.7. The third-order valence-corrected chi connectivity index (χ3v) is 5.13. The van der Waals surface area contributed by atoms with E-state index in [1.54, 1.807) is 25.3 Å². The molecule has 1 N–H and O–H groups in total. The molecule has 0 spiro atoms. The molecule has 0 aliphatic carbocycles. The molecule has 1 heterocycles. The Labute approximate surface area is 177 Å². The topological polar surface area (TPSA) is 43.2 Å². The molecule has 0 bridgehead atoms. The van der Waals surface area contributed by atoms with Crippen molar-refractivity contribution in [3.8, 4) is 11.5 Å². The largest absolute Gasteiger partial charge is 0.496 e. The number of carbonyl (C=O) groups excluding carboxylic acids is 1. The molecule has 1 amide bonds. The molecule has 0 unspecified atom stereocenters. The van der Waals surface area contributed by atoms with Crippen molar-refractivity contribution in [3.63, 3.8) is 0 Å². The molecule has 1 aliphatic heterocycles. The maximum atomic E-state index is 13.6. The van der Waals surface area contributed by atoms with Crippen LogP contribution in [0.3, 0.4) is 0 Å². The molecule has 0 aromatic heterocycles. The first-order valence-corrected chi connectivity index (χ1v) is 10.1. The first-order chi connectivity index (χ1) is 14.6. The molecule has 5 nitrogen and oxygen atoms in total. The average Bonchev–Trinajstić information content (AvgIpc) is 2.77. The number of rotatable bonds is 8. The monoisotopic (exact) mass is 411 g/mol. The Morgan fingerprint density at radius 1 is 1.20 bits per heavy atom. The van der Waals surface area contributed by atoms with Crippen molar-refractivity contribution in [2.75, 3.05) is 39.9 Å². The first kappa shape index (κ1) is 21.6. The van der Waals surface area contributed by atoms with Gasteiger partial charge in [-0.05, 0) is 42.0 Å². The number of amides is 1. The van der Waals surface area contributed by atoms with E-state index in [-0.39, 0.29) is 11.7 Å². The number of carbonyl (C=O) groups is 1. The summed E-state index contributed by atoms with van der Waals surface area (Å²) in [5.41, 5.74) is 1.80. The Balaban J connectivity index is 1.50. The Hall–Kier alpha value is -3.12. The van der Waals surface area contributed by atoms with Gasteiger partial charge in [-0.2, -0.15) is 0 Å². The highest BCUT2D eigenvalue weighted by Crippen LogP contribution is 2.18. The van der Waals surface area contributed by atoms with Crippen LogP contribution in [0.1, 0.15) is 11.1 Å². The lowest BCUT2D eigenvalue weighted by molar-refractivity contribution is -0.917. The highest BCUT2D eigenvalue weighted by molar-refractivity contribution is 5.91. The van der Waals surface area contributed by atoms with Crippen LogP contribution in [-0.4, -0.2) is 50.7 Å². The lowest BCUT2D eigenvalue weighted by atomic mass is 10.1. The average molecular weight is 411 g/mol. The molecule has 0 atom stereocenters. The van der Waals surface area contributed by atoms with E-state index in [1.807, 2.05) is 35.2 Å². The quantitative estimate of drug-likeness (QED) is 0.536. The third-order valence-electron chi connectivity index (χ3n) is 5.13. The van der Waals surface area contributed by atoms with Gasteiger partial charge < -0.3 is 19.3 Å². The van der Waals surface area contributed by atoms with E-state index < -0.39 is 0 Å². The summed E-state index contributed by atoms with van der Waals surface area (Å²) in [6, 6.07) is 12.2. The summed E-state index contributed by atoms with van der Waals surface area (Å²) < 4.78 is 24.4. The zero-order chi connectivity index (χ0) is 21.3. The Bertz CT molecular complexity index is 888. The Kier molecular flexibility index (Phi) is 7.63. The van der Waals surface area contributed by atoms with Crippen LogP contribution in [0.5, 0.6) is 11.5 Å². The van der Waals surface area contributed by atoms with Crippen molar-refractivity contribution in [2.24, 2.45) is 0 Å². The number of methoxy groups -OCH3 is 1. The summed E-state index contributed by atoms with van der Waals surface area (Å²) in [6.07, 6.45) is 5.12. The van der Waals surface area contributed by atoms with E-state index in [0.717, 1.165) is 30.0 Å². The molecule has 1 saturated heterocycles. The van der Waals surface area contributed by atoms with Gasteiger partial charge in [-0.3, -0.25) is 4.79 Å². The zero-order valence-electron chi connectivity index (χ0n) is 17.3. The lowest BCUT2D eigenvalue weighted by Gasteiger charge is -2.32. The summed E-state index contributed by atoms with van der Waals surface area (Å²) in [5.74, 6) is 1.22. The van der Waals surface area contributed by atoms with Crippen molar-refractivity contribution < 1.29 is 23.6 Å². The Morgan fingerprint density at radius 2 is 1.93 bits per heavy atom. The zero-order valence-corrected chi connectivity index (χ0v) is 17.3. The molecule has 0 saturated carbocycles. The third kappa shape index (κ3) is 5.94. The van der Waals surface area contributed by atoms with Crippen molar-refractivity contribution in [2.45, 2.75) is 6.54 Å². The minimum Gasteiger partial charge on any atom is -0.496 e. The van der Waals surface area contributed by atoms with Gasteiger partial charge >= 0.3 is 0 Å². The van der Waals surface area contributed by atoms with Gasteiger partial charge in [0.2, 0.25) is 5.91 Å². The van der Waals surface area contributed by atoms with Gasteiger partial charge in [0, 0.05) is 6.08 Å². The van der Waals surface area contributed by atoms with Crippen LogP contribution in [0.2, 0.25) is 0 Å². The number of piperazine rings is 1. The number of nitrogens with one attached hydrogen (secondary N) is 1. The number of benzene rings is 2. The summed E-state index contributed by atoms with van der Waals surface area (Å²) in [5, 5.41) is 0. The van der Waals surface area contributed by atoms with Crippen molar-refractivity contribution in [3.05, 3.63) is 78.1 Å². The number of hydrogen-bond acceptors (Lipinski definition) is 3. The fraction of sp³-hybridized carbons (Fsp3) is 0.292. The van der Waals surface area contributed by atoms with E-state index in [9.17, 15) is 9.18 Å². The van der Waals surface area contributed by atoms with Gasteiger partial charge in [0.25, 0.3) is 0 Å². The van der Waals surface area contributed by atoms with Crippen LogP contribution >= 0.6 is 0 Å². The van der Waals surface area contributed by atoms with Gasteiger partial charge in [-0.1, -0.05) is 24.8 Å². The van der Waals surface area contributed by atoms with E-state index in [4.69, 9.17) is 9.47 Å². The molecule has 158 valence electrons. The summed E-state index contributed by atoms with van der Waals surface area (Å²) in [7, 11) is 1.59. The van der Waals surface area contributed by atoms with E-state index in [1.165, 1.54) is 17.0 Å². The molecule has 6 heteroatoms. The number of ether oxygens (including phenoxy) is 2. The van der Waals surface area contributed by atoms with Crippen LogP contribution in [0, 0.1) is 5.82 Å². The normalized spacial score (nSPS) is 14.7. The molecule has 30 heavy (non-hydrogen) atoms. The van der Waals surface area contributed by atoms with Gasteiger partial charge in [0.05, 0.1) is 38.9 Å². The maximum Gasteiger partial charge on any atom is 0.246 e. The van der Waals surface area contributed by atoms with Gasteiger partial charge in [-0.25, -0.2) is 4.39 Å². The minimum atomic E-state index is -0.260. The number of nitrogens with zero attached hydrogens (tertiary/aromatic N) is 1. The second-order valence-electron chi connectivity index (χ2n) is 7.21. The van der Waals surface area contributed by atoms with Crippen molar-refractivity contribution in [1.29, 1.82) is 0 Å². The molecular formula is C24H28FN2O3+. The molecule has 1 aliphatic rings. The molecule has 2 aromatic rings. The molecule has 3 rings (SSSR count). The van der Waals surface area contributed by atoms with E-state index >= 15 is 0 Å². The van der Waals surface area contributed by atoms with Crippen LogP contribution < -0.4 is 14.4 Å². The predicted octanol–water partition coefficient (Wildman–Crippen LogP) is 2.34. The summed E-state index contributed by atoms with van der Waals surface area (Å²) in [6.45, 7) is 7.74. The van der Waals surface area contributed by atoms with Crippen molar-refractivity contribution >= 4 is 12.0 Å². The fourth-order valence-electron chi connectivity index (χ4n) is 3.48. The summed E-state index contributed by atoms with van der Waals surface area (Å²) >= 11 is 0. The minimum absolute atomic E-state index is 0.00405. The number of halogens is 1. The SMILES string of the molecule is C=CCOc1ccc(/C=C/C(=O)N2CC[NH+](Cc3cc(F)ccc3OC)CC2)cc1. The fourth-order valence-corrected chi connectivity index (χ4v) is 3.48. The van der Waals surface area contributed by atoms with Crippen LogP contribution in [0.15, 0.2) is 61.2 Å². The van der Waals surface area contributed by atoms with Gasteiger partial charge in [0.15, 0.2) is 0 Å². The van der Waals surface area contributed by atoms with Gasteiger partial charge in [0.1, 0.15) is 30.5 Å².